The van der Waals surface area contributed by atoms with E-state index < -0.39 is 12.1 Å². The monoisotopic (exact) mass is 435 g/mol. The van der Waals surface area contributed by atoms with Crippen LogP contribution >= 0.6 is 11.6 Å². The number of halogens is 2. The third kappa shape index (κ3) is 5.38. The summed E-state index contributed by atoms with van der Waals surface area (Å²) in [7, 11) is 1.46. The molecule has 1 aliphatic rings. The van der Waals surface area contributed by atoms with Gasteiger partial charge in [0.15, 0.2) is 0 Å². The third-order valence-electron chi connectivity index (χ3n) is 5.22. The van der Waals surface area contributed by atoms with Crippen LogP contribution in [-0.4, -0.2) is 47.2 Å². The summed E-state index contributed by atoms with van der Waals surface area (Å²) in [6, 6.07) is 6.96. The zero-order valence-corrected chi connectivity index (χ0v) is 17.2. The van der Waals surface area contributed by atoms with Crippen molar-refractivity contribution < 1.29 is 23.8 Å². The highest BCUT2D eigenvalue weighted by molar-refractivity contribution is 6.31. The van der Waals surface area contributed by atoms with Gasteiger partial charge >= 0.3 is 6.09 Å². The van der Waals surface area contributed by atoms with Gasteiger partial charge in [-0.15, -0.1) is 0 Å². The summed E-state index contributed by atoms with van der Waals surface area (Å²) in [5, 5.41) is 12.3. The van der Waals surface area contributed by atoms with Crippen molar-refractivity contribution in [3.8, 4) is 5.88 Å². The zero-order valence-electron chi connectivity index (χ0n) is 16.5. The van der Waals surface area contributed by atoms with Gasteiger partial charge in [-0.1, -0.05) is 23.7 Å². The number of hydrogen-bond acceptors (Lipinski definition) is 4. The molecule has 0 aliphatic carbocycles. The molecular weight excluding hydrogens is 413 g/mol. The van der Waals surface area contributed by atoms with Gasteiger partial charge in [0.2, 0.25) is 11.8 Å². The van der Waals surface area contributed by atoms with Crippen LogP contribution in [0.25, 0.3) is 0 Å². The van der Waals surface area contributed by atoms with Crippen molar-refractivity contribution in [3.63, 3.8) is 0 Å². The summed E-state index contributed by atoms with van der Waals surface area (Å²) in [4.78, 5) is 29.3. The van der Waals surface area contributed by atoms with E-state index in [-0.39, 0.29) is 29.9 Å². The Balaban J connectivity index is 1.74. The smallest absolute Gasteiger partial charge is 0.407 e. The maximum absolute atomic E-state index is 13.4. The normalized spacial score (nSPS) is 15.5. The van der Waals surface area contributed by atoms with E-state index in [1.807, 2.05) is 0 Å². The number of methoxy groups -OCH3 is 1. The first-order valence-corrected chi connectivity index (χ1v) is 9.97. The lowest BCUT2D eigenvalue weighted by Crippen LogP contribution is -2.39. The van der Waals surface area contributed by atoms with E-state index in [2.05, 4.69) is 10.3 Å². The van der Waals surface area contributed by atoms with Crippen LogP contribution in [0.15, 0.2) is 36.5 Å². The van der Waals surface area contributed by atoms with E-state index in [9.17, 15) is 14.0 Å². The van der Waals surface area contributed by atoms with Gasteiger partial charge in [-0.25, -0.2) is 14.2 Å². The number of hydrogen-bond donors (Lipinski definition) is 2. The van der Waals surface area contributed by atoms with Crippen molar-refractivity contribution in [2.24, 2.45) is 5.92 Å². The molecule has 3 rings (SSSR count). The van der Waals surface area contributed by atoms with E-state index in [1.165, 1.54) is 24.1 Å². The number of ether oxygens (including phenoxy) is 1. The van der Waals surface area contributed by atoms with Crippen LogP contribution in [0.4, 0.5) is 9.18 Å². The zero-order chi connectivity index (χ0) is 21.7. The fourth-order valence-corrected chi connectivity index (χ4v) is 3.82. The van der Waals surface area contributed by atoms with Crippen LogP contribution in [0.3, 0.4) is 0 Å². The van der Waals surface area contributed by atoms with E-state index >= 15 is 0 Å². The Hall–Kier alpha value is -2.87. The fraction of sp³-hybridized carbons (Fsp3) is 0.381. The maximum atomic E-state index is 13.4. The molecule has 0 bridgehead atoms. The Labute approximate surface area is 178 Å². The lowest BCUT2D eigenvalue weighted by atomic mass is 9.92. The molecule has 2 amide bonds. The van der Waals surface area contributed by atoms with Gasteiger partial charge in [0.25, 0.3) is 0 Å². The molecule has 2 aromatic rings. The summed E-state index contributed by atoms with van der Waals surface area (Å²) < 4.78 is 18.5. The topological polar surface area (TPSA) is 91.8 Å². The predicted octanol–water partition coefficient (Wildman–Crippen LogP) is 3.87. The number of nitrogens with one attached hydrogen (secondary N) is 1. The molecule has 160 valence electrons. The van der Waals surface area contributed by atoms with Gasteiger partial charge in [-0.2, -0.15) is 0 Å². The number of pyridine rings is 1. The number of aromatic nitrogens is 1. The number of likely N-dealkylation sites (tertiary alicyclic amines) is 1. The van der Waals surface area contributed by atoms with Gasteiger partial charge in [0, 0.05) is 25.7 Å². The van der Waals surface area contributed by atoms with Gasteiger partial charge in [0.1, 0.15) is 10.8 Å². The summed E-state index contributed by atoms with van der Waals surface area (Å²) in [6.45, 7) is 0.847. The first-order valence-electron chi connectivity index (χ1n) is 9.59. The fourth-order valence-electron chi connectivity index (χ4n) is 3.57. The average molecular weight is 436 g/mol. The number of nitrogens with zero attached hydrogens (tertiary/aromatic N) is 2. The van der Waals surface area contributed by atoms with E-state index in [0.717, 1.165) is 0 Å². The van der Waals surface area contributed by atoms with Crippen LogP contribution in [0.2, 0.25) is 5.02 Å². The molecule has 2 N–H and O–H groups in total. The number of benzene rings is 1. The lowest BCUT2D eigenvalue weighted by Gasteiger charge is -2.30. The summed E-state index contributed by atoms with van der Waals surface area (Å²) in [6.07, 6.45) is 2.18. The first kappa shape index (κ1) is 21.8. The number of amides is 2. The summed E-state index contributed by atoms with van der Waals surface area (Å²) in [5.41, 5.74) is 1.33. The minimum absolute atomic E-state index is 0.104. The van der Waals surface area contributed by atoms with Crippen LogP contribution in [0, 0.1) is 11.7 Å². The molecular formula is C21H23ClFN3O4. The second-order valence-electron chi connectivity index (χ2n) is 7.23. The van der Waals surface area contributed by atoms with Crippen molar-refractivity contribution >= 4 is 23.6 Å². The lowest BCUT2D eigenvalue weighted by molar-refractivity contribution is -0.122. The highest BCUT2D eigenvalue weighted by atomic mass is 35.5. The average Bonchev–Trinajstić information content (AvgIpc) is 2.73. The highest BCUT2D eigenvalue weighted by Crippen LogP contribution is 2.29. The van der Waals surface area contributed by atoms with Crippen LogP contribution in [0.5, 0.6) is 5.88 Å². The maximum Gasteiger partial charge on any atom is 0.407 e. The summed E-state index contributed by atoms with van der Waals surface area (Å²) >= 11 is 6.20. The van der Waals surface area contributed by atoms with E-state index in [0.29, 0.717) is 42.1 Å². The predicted molar refractivity (Wildman–Crippen MR) is 109 cm³/mol. The minimum atomic E-state index is -0.932. The van der Waals surface area contributed by atoms with Crippen molar-refractivity contribution in [2.75, 3.05) is 20.2 Å². The number of rotatable bonds is 6. The first-order chi connectivity index (χ1) is 14.4. The molecule has 1 aromatic heterocycles. The van der Waals surface area contributed by atoms with Crippen LogP contribution in [0.1, 0.15) is 36.4 Å². The van der Waals surface area contributed by atoms with Gasteiger partial charge in [-0.3, -0.25) is 4.79 Å². The van der Waals surface area contributed by atoms with Crippen molar-refractivity contribution in [1.82, 2.24) is 15.2 Å². The molecule has 1 saturated heterocycles. The third-order valence-corrected chi connectivity index (χ3v) is 5.49. The molecule has 0 saturated carbocycles. The molecule has 1 unspecified atom stereocenters. The molecule has 9 heteroatoms. The molecule has 1 fully saturated rings. The van der Waals surface area contributed by atoms with E-state index in [1.54, 1.807) is 24.4 Å². The SMILES string of the molecule is COc1ncc(C(NC(=O)CC2CCN(C(=O)O)CC2)c2ccc(F)cc2)cc1Cl. The second kappa shape index (κ2) is 9.75. The van der Waals surface area contributed by atoms with Crippen molar-refractivity contribution in [2.45, 2.75) is 25.3 Å². The van der Waals surface area contributed by atoms with Crippen LogP contribution in [-0.2, 0) is 4.79 Å². The minimum Gasteiger partial charge on any atom is -0.480 e. The van der Waals surface area contributed by atoms with Gasteiger partial charge < -0.3 is 20.1 Å². The van der Waals surface area contributed by atoms with Gasteiger partial charge in [0.05, 0.1) is 13.2 Å². The molecule has 30 heavy (non-hydrogen) atoms. The molecule has 7 nitrogen and oxygen atoms in total. The molecule has 1 aliphatic heterocycles. The number of carboxylic acid groups (broad SMARTS) is 1. The molecule has 1 aromatic carbocycles. The standard InChI is InChI=1S/C21H23ClFN3O4/c1-30-20-17(22)11-15(12-24-20)19(14-2-4-16(23)5-3-14)25-18(27)10-13-6-8-26(9-7-13)21(28)29/h2-5,11-13,19H,6-10H2,1H3,(H,25,27)(H,28,29). The van der Waals surface area contributed by atoms with Gasteiger partial charge in [-0.05, 0) is 48.1 Å². The number of piperidine rings is 1. The Bertz CT molecular complexity index is 902. The Kier molecular flexibility index (Phi) is 7.10. The van der Waals surface area contributed by atoms with Crippen molar-refractivity contribution in [1.29, 1.82) is 0 Å². The van der Waals surface area contributed by atoms with Crippen LogP contribution < -0.4 is 10.1 Å². The Morgan fingerprint density at radius 2 is 1.97 bits per heavy atom. The van der Waals surface area contributed by atoms with E-state index in [4.69, 9.17) is 21.4 Å². The summed E-state index contributed by atoms with van der Waals surface area (Å²) in [5.74, 6) is -0.174. The number of carbonyl (C=O) groups excluding carboxylic acids is 1. The highest BCUT2D eigenvalue weighted by Gasteiger charge is 2.26. The molecule has 0 spiro atoms. The molecule has 2 heterocycles. The Morgan fingerprint density at radius 3 is 2.53 bits per heavy atom. The van der Waals surface area contributed by atoms with Crippen molar-refractivity contribution in [3.05, 3.63) is 58.5 Å². The molecule has 1 atom stereocenters. The largest absolute Gasteiger partial charge is 0.480 e. The number of carbonyl (C=O) groups is 2. The molecule has 0 radical (unpaired) electrons. The second-order valence-corrected chi connectivity index (χ2v) is 7.64. The Morgan fingerprint density at radius 1 is 1.30 bits per heavy atom. The quantitative estimate of drug-likeness (QED) is 0.718.